The van der Waals surface area contributed by atoms with Crippen LogP contribution in [0.3, 0.4) is 0 Å². The maximum atomic E-state index is 12.2. The molecule has 1 fully saturated rings. The molecular formula is C12H23N3O2. The average Bonchev–Trinajstić information content (AvgIpc) is 2.39. The fourth-order valence-corrected chi connectivity index (χ4v) is 2.25. The number of carbonyl (C=O) groups is 2. The van der Waals surface area contributed by atoms with E-state index in [1.165, 1.54) is 0 Å². The van der Waals surface area contributed by atoms with E-state index in [2.05, 4.69) is 22.9 Å². The van der Waals surface area contributed by atoms with Crippen LogP contribution in [0.2, 0.25) is 0 Å². The van der Waals surface area contributed by atoms with Crippen LogP contribution < -0.4 is 16.0 Å². The largest absolute Gasteiger partial charge is 0.359 e. The van der Waals surface area contributed by atoms with Crippen molar-refractivity contribution in [1.82, 2.24) is 16.0 Å². The van der Waals surface area contributed by atoms with E-state index in [-0.39, 0.29) is 17.2 Å². The molecule has 5 nitrogen and oxygen atoms in total. The second-order valence-corrected chi connectivity index (χ2v) is 4.56. The highest BCUT2D eigenvalue weighted by Crippen LogP contribution is 2.32. The molecule has 1 rings (SSSR count). The molecule has 0 aromatic carbocycles. The van der Waals surface area contributed by atoms with Crippen LogP contribution in [0.1, 0.15) is 32.6 Å². The second-order valence-electron chi connectivity index (χ2n) is 4.56. The van der Waals surface area contributed by atoms with Gasteiger partial charge in [0.1, 0.15) is 0 Å². The van der Waals surface area contributed by atoms with E-state index in [9.17, 15) is 9.59 Å². The van der Waals surface area contributed by atoms with Crippen molar-refractivity contribution in [2.75, 3.05) is 26.7 Å². The highest BCUT2D eigenvalue weighted by atomic mass is 16.2. The third-order valence-electron chi connectivity index (χ3n) is 3.64. The van der Waals surface area contributed by atoms with Gasteiger partial charge < -0.3 is 16.0 Å². The molecule has 0 radical (unpaired) electrons. The van der Waals surface area contributed by atoms with Crippen molar-refractivity contribution in [3.8, 4) is 0 Å². The summed E-state index contributed by atoms with van der Waals surface area (Å²) in [5.41, 5.74) is -0.228. The molecule has 0 spiro atoms. The van der Waals surface area contributed by atoms with Crippen LogP contribution in [0.4, 0.5) is 0 Å². The van der Waals surface area contributed by atoms with E-state index in [0.717, 1.165) is 32.4 Å². The van der Waals surface area contributed by atoms with Crippen molar-refractivity contribution in [3.05, 3.63) is 0 Å². The van der Waals surface area contributed by atoms with Gasteiger partial charge in [-0.2, -0.15) is 0 Å². The maximum Gasteiger partial charge on any atom is 0.226 e. The summed E-state index contributed by atoms with van der Waals surface area (Å²) in [5.74, 6) is 0.0616. The van der Waals surface area contributed by atoms with Gasteiger partial charge in [-0.3, -0.25) is 9.59 Å². The minimum atomic E-state index is -0.228. The van der Waals surface area contributed by atoms with Gasteiger partial charge in [0.05, 0.1) is 5.41 Å². The van der Waals surface area contributed by atoms with E-state index >= 15 is 0 Å². The summed E-state index contributed by atoms with van der Waals surface area (Å²) in [6.45, 7) is 4.28. The van der Waals surface area contributed by atoms with Crippen LogP contribution in [0.25, 0.3) is 0 Å². The van der Waals surface area contributed by atoms with E-state index in [4.69, 9.17) is 0 Å². The summed E-state index contributed by atoms with van der Waals surface area (Å²) < 4.78 is 0. The number of nitrogens with one attached hydrogen (secondary N) is 3. The van der Waals surface area contributed by atoms with Gasteiger partial charge >= 0.3 is 0 Å². The molecule has 5 heteroatoms. The second kappa shape index (κ2) is 6.59. The molecule has 1 heterocycles. The molecule has 1 aliphatic heterocycles. The van der Waals surface area contributed by atoms with Gasteiger partial charge in [-0.15, -0.1) is 0 Å². The lowest BCUT2D eigenvalue weighted by Gasteiger charge is -2.35. The number of hydrogen-bond acceptors (Lipinski definition) is 3. The van der Waals surface area contributed by atoms with Crippen molar-refractivity contribution in [2.45, 2.75) is 32.6 Å². The Morgan fingerprint density at radius 2 is 1.94 bits per heavy atom. The SMILES string of the molecule is CCC1(C(=O)NCCC(=O)NC)CCNCC1. The molecule has 2 amide bonds. The Labute approximate surface area is 103 Å². The molecule has 0 unspecified atom stereocenters. The van der Waals surface area contributed by atoms with Gasteiger partial charge in [0.15, 0.2) is 0 Å². The number of hydrogen-bond donors (Lipinski definition) is 3. The summed E-state index contributed by atoms with van der Waals surface area (Å²) in [4.78, 5) is 23.2. The van der Waals surface area contributed by atoms with Crippen LogP contribution in [-0.4, -0.2) is 38.5 Å². The molecule has 3 N–H and O–H groups in total. The molecule has 0 aromatic rings. The molecule has 0 aliphatic carbocycles. The molecule has 1 saturated heterocycles. The Morgan fingerprint density at radius 3 is 2.47 bits per heavy atom. The highest BCUT2D eigenvalue weighted by molar-refractivity contribution is 5.83. The number of piperidine rings is 1. The Kier molecular flexibility index (Phi) is 5.41. The molecule has 0 atom stereocenters. The van der Waals surface area contributed by atoms with E-state index in [0.29, 0.717) is 13.0 Å². The zero-order valence-corrected chi connectivity index (χ0v) is 10.8. The zero-order chi connectivity index (χ0) is 12.7. The fraction of sp³-hybridized carbons (Fsp3) is 0.833. The smallest absolute Gasteiger partial charge is 0.226 e. The molecule has 0 bridgehead atoms. The minimum Gasteiger partial charge on any atom is -0.359 e. The number of rotatable bonds is 5. The Morgan fingerprint density at radius 1 is 1.29 bits per heavy atom. The van der Waals surface area contributed by atoms with Gasteiger partial charge in [-0.05, 0) is 32.4 Å². The molecule has 17 heavy (non-hydrogen) atoms. The predicted octanol–water partition coefficient (Wildman–Crippen LogP) is 0.0185. The summed E-state index contributed by atoms with van der Waals surface area (Å²) in [5, 5.41) is 8.69. The van der Waals surface area contributed by atoms with Gasteiger partial charge in [0.25, 0.3) is 0 Å². The zero-order valence-electron chi connectivity index (χ0n) is 10.8. The average molecular weight is 241 g/mol. The van der Waals surface area contributed by atoms with Gasteiger partial charge in [-0.25, -0.2) is 0 Å². The quantitative estimate of drug-likeness (QED) is 0.635. The van der Waals surface area contributed by atoms with Gasteiger partial charge in [0.2, 0.25) is 11.8 Å². The highest BCUT2D eigenvalue weighted by Gasteiger charge is 2.37. The summed E-state index contributed by atoms with van der Waals surface area (Å²) in [6, 6.07) is 0. The lowest BCUT2D eigenvalue weighted by Crippen LogP contribution is -2.47. The van der Waals surface area contributed by atoms with Gasteiger partial charge in [0, 0.05) is 20.0 Å². The summed E-state index contributed by atoms with van der Waals surface area (Å²) in [6.07, 6.45) is 2.98. The van der Waals surface area contributed by atoms with E-state index in [1.54, 1.807) is 7.05 Å². The molecule has 0 aromatic heterocycles. The summed E-state index contributed by atoms with van der Waals surface area (Å²) in [7, 11) is 1.60. The minimum absolute atomic E-state index is 0.0406. The Balaban J connectivity index is 2.41. The van der Waals surface area contributed by atoms with Crippen molar-refractivity contribution in [1.29, 1.82) is 0 Å². The van der Waals surface area contributed by atoms with Crippen LogP contribution in [0, 0.1) is 5.41 Å². The van der Waals surface area contributed by atoms with Crippen molar-refractivity contribution in [3.63, 3.8) is 0 Å². The fourth-order valence-electron chi connectivity index (χ4n) is 2.25. The topological polar surface area (TPSA) is 70.2 Å². The van der Waals surface area contributed by atoms with Crippen LogP contribution in [0.15, 0.2) is 0 Å². The van der Waals surface area contributed by atoms with E-state index in [1.807, 2.05) is 0 Å². The molecular weight excluding hydrogens is 218 g/mol. The van der Waals surface area contributed by atoms with Crippen molar-refractivity contribution >= 4 is 11.8 Å². The first kappa shape index (κ1) is 14.0. The summed E-state index contributed by atoms with van der Waals surface area (Å²) >= 11 is 0. The number of carbonyl (C=O) groups excluding carboxylic acids is 2. The lowest BCUT2D eigenvalue weighted by atomic mass is 9.76. The van der Waals surface area contributed by atoms with Crippen molar-refractivity contribution < 1.29 is 9.59 Å². The molecule has 1 aliphatic rings. The van der Waals surface area contributed by atoms with Gasteiger partial charge in [-0.1, -0.05) is 6.92 Å². The van der Waals surface area contributed by atoms with Crippen LogP contribution in [-0.2, 0) is 9.59 Å². The van der Waals surface area contributed by atoms with Crippen LogP contribution >= 0.6 is 0 Å². The van der Waals surface area contributed by atoms with Crippen molar-refractivity contribution in [2.24, 2.45) is 5.41 Å². The van der Waals surface area contributed by atoms with E-state index < -0.39 is 0 Å². The first-order chi connectivity index (χ1) is 8.14. The third-order valence-corrected chi connectivity index (χ3v) is 3.64. The standard InChI is InChI=1S/C12H23N3O2/c1-3-12(5-8-14-9-6-12)11(17)15-7-4-10(16)13-2/h14H,3-9H2,1-2H3,(H,13,16)(H,15,17). The Hall–Kier alpha value is -1.10. The van der Waals surface area contributed by atoms with Crippen LogP contribution in [0.5, 0.6) is 0 Å². The normalized spacial score (nSPS) is 18.5. The first-order valence-corrected chi connectivity index (χ1v) is 6.34. The monoisotopic (exact) mass is 241 g/mol. The number of amides is 2. The lowest BCUT2D eigenvalue weighted by molar-refractivity contribution is -0.133. The Bertz CT molecular complexity index is 273. The first-order valence-electron chi connectivity index (χ1n) is 6.34. The predicted molar refractivity (Wildman–Crippen MR) is 66.5 cm³/mol. The third kappa shape index (κ3) is 3.70. The molecule has 98 valence electrons. The molecule has 0 saturated carbocycles. The maximum absolute atomic E-state index is 12.2.